The van der Waals surface area contributed by atoms with Gasteiger partial charge in [-0.2, -0.15) is 0 Å². The quantitative estimate of drug-likeness (QED) is 0.223. The number of hydrogen-bond acceptors (Lipinski definition) is 10. The highest BCUT2D eigenvalue weighted by atomic mass is 16.7. The number of ketones is 3. The molecule has 41 heavy (non-hydrogen) atoms. The van der Waals surface area contributed by atoms with Crippen LogP contribution >= 0.6 is 0 Å². The van der Waals surface area contributed by atoms with Crippen LogP contribution in [0.15, 0.2) is 18.2 Å². The van der Waals surface area contributed by atoms with Gasteiger partial charge in [0.25, 0.3) is 0 Å². The molecule has 0 bridgehead atoms. The maximum absolute atomic E-state index is 13.4. The van der Waals surface area contributed by atoms with Crippen LogP contribution in [0.2, 0.25) is 0 Å². The van der Waals surface area contributed by atoms with E-state index < -0.39 is 29.2 Å². The van der Waals surface area contributed by atoms with Gasteiger partial charge in [0.05, 0.1) is 30.4 Å². The summed E-state index contributed by atoms with van der Waals surface area (Å²) in [4.78, 5) is 52.1. The van der Waals surface area contributed by atoms with E-state index in [2.05, 4.69) is 0 Å². The number of aromatic hydroxyl groups is 2. The summed E-state index contributed by atoms with van der Waals surface area (Å²) in [7, 11) is 1.39. The Morgan fingerprint density at radius 2 is 1.61 bits per heavy atom. The number of esters is 1. The number of phenolic OH excluding ortho intramolecular Hbond substituents is 2. The summed E-state index contributed by atoms with van der Waals surface area (Å²) in [6.45, 7) is 1.44. The molecule has 3 aliphatic rings. The van der Waals surface area contributed by atoms with Gasteiger partial charge in [0.2, 0.25) is 5.78 Å². The monoisotopic (exact) mass is 566 g/mol. The minimum absolute atomic E-state index is 0.0463. The second-order valence-corrected chi connectivity index (χ2v) is 10.7. The Hall–Kier alpha value is -3.76. The van der Waals surface area contributed by atoms with Crippen LogP contribution in [-0.4, -0.2) is 66.2 Å². The predicted molar refractivity (Wildman–Crippen MR) is 145 cm³/mol. The first kappa shape index (κ1) is 28.8. The maximum atomic E-state index is 13.4. The van der Waals surface area contributed by atoms with Crippen molar-refractivity contribution in [2.24, 2.45) is 5.92 Å². The molecule has 5 rings (SSSR count). The highest BCUT2D eigenvalue weighted by molar-refractivity contribution is 6.31. The van der Waals surface area contributed by atoms with Crippen LogP contribution in [0.25, 0.3) is 0 Å². The van der Waals surface area contributed by atoms with Gasteiger partial charge in [-0.25, -0.2) is 4.79 Å². The molecule has 0 unspecified atom stereocenters. The lowest BCUT2D eigenvalue weighted by Crippen LogP contribution is -2.42. The van der Waals surface area contributed by atoms with Crippen LogP contribution in [0.1, 0.15) is 88.4 Å². The zero-order valence-corrected chi connectivity index (χ0v) is 23.2. The van der Waals surface area contributed by atoms with Crippen molar-refractivity contribution < 1.29 is 48.3 Å². The summed E-state index contributed by atoms with van der Waals surface area (Å²) in [6, 6.07) is 4.61. The maximum Gasteiger partial charge on any atom is 0.332 e. The predicted octanol–water partition coefficient (Wildman–Crippen LogP) is 3.81. The molecule has 0 aliphatic heterocycles. The number of methoxy groups -OCH3 is 1. The topological polar surface area (TPSA) is 146 Å². The van der Waals surface area contributed by atoms with Crippen LogP contribution < -0.4 is 4.74 Å². The summed E-state index contributed by atoms with van der Waals surface area (Å²) in [5.41, 5.74) is 0.259. The number of carbonyl (C=O) groups is 4. The highest BCUT2D eigenvalue weighted by Gasteiger charge is 2.42. The van der Waals surface area contributed by atoms with Gasteiger partial charge in [0, 0.05) is 35.4 Å². The molecule has 1 fully saturated rings. The van der Waals surface area contributed by atoms with Gasteiger partial charge < -0.3 is 29.2 Å². The van der Waals surface area contributed by atoms with E-state index in [0.717, 1.165) is 19.3 Å². The van der Waals surface area contributed by atoms with E-state index in [9.17, 15) is 29.4 Å². The Labute approximate surface area is 237 Å². The number of fused-ring (bicyclic) bond motifs is 3. The molecule has 2 aromatic carbocycles. The van der Waals surface area contributed by atoms with Gasteiger partial charge in [0.1, 0.15) is 30.5 Å². The fraction of sp³-hybridized carbons (Fsp3) is 0.484. The normalized spacial score (nSPS) is 19.1. The fourth-order valence-electron chi connectivity index (χ4n) is 6.22. The largest absolute Gasteiger partial charge is 0.507 e. The lowest BCUT2D eigenvalue weighted by Gasteiger charge is -2.37. The van der Waals surface area contributed by atoms with Gasteiger partial charge in [-0.1, -0.05) is 18.6 Å². The first-order valence-corrected chi connectivity index (χ1v) is 14.0. The van der Waals surface area contributed by atoms with E-state index in [-0.39, 0.29) is 83.5 Å². The number of phenols is 2. The van der Waals surface area contributed by atoms with Crippen LogP contribution in [0.5, 0.6) is 17.2 Å². The van der Waals surface area contributed by atoms with E-state index in [4.69, 9.17) is 18.9 Å². The van der Waals surface area contributed by atoms with E-state index in [0.29, 0.717) is 24.8 Å². The third kappa shape index (κ3) is 5.22. The molecular formula is C31H34O10. The van der Waals surface area contributed by atoms with Crippen molar-refractivity contribution in [1.82, 2.24) is 0 Å². The molecule has 3 aliphatic carbocycles. The molecule has 0 heterocycles. The van der Waals surface area contributed by atoms with Crippen LogP contribution in [0.4, 0.5) is 0 Å². The molecule has 0 saturated heterocycles. The van der Waals surface area contributed by atoms with Crippen molar-refractivity contribution in [3.63, 3.8) is 0 Å². The fourth-order valence-corrected chi connectivity index (χ4v) is 6.22. The van der Waals surface area contributed by atoms with Crippen LogP contribution in [-0.2, 0) is 36.6 Å². The van der Waals surface area contributed by atoms with Gasteiger partial charge in [-0.15, -0.1) is 0 Å². The van der Waals surface area contributed by atoms with Crippen molar-refractivity contribution in [1.29, 1.82) is 0 Å². The second kappa shape index (κ2) is 11.6. The molecule has 10 nitrogen and oxygen atoms in total. The van der Waals surface area contributed by atoms with Crippen molar-refractivity contribution in [3.05, 3.63) is 51.6 Å². The molecule has 0 spiro atoms. The number of carbonyl (C=O) groups excluding carboxylic acids is 4. The van der Waals surface area contributed by atoms with Crippen molar-refractivity contribution in [2.45, 2.75) is 64.1 Å². The van der Waals surface area contributed by atoms with Crippen molar-refractivity contribution in [2.75, 3.05) is 26.9 Å². The number of rotatable bonds is 9. The molecule has 0 radical (unpaired) electrons. The highest BCUT2D eigenvalue weighted by Crippen LogP contribution is 2.47. The first-order chi connectivity index (χ1) is 19.7. The molecule has 0 aromatic heterocycles. The van der Waals surface area contributed by atoms with Crippen LogP contribution in [0.3, 0.4) is 0 Å². The molecule has 10 heteroatoms. The molecule has 2 aromatic rings. The Morgan fingerprint density at radius 1 is 0.927 bits per heavy atom. The average Bonchev–Trinajstić information content (AvgIpc) is 2.99. The van der Waals surface area contributed by atoms with Crippen molar-refractivity contribution in [3.8, 4) is 17.2 Å². The molecule has 1 saturated carbocycles. The van der Waals surface area contributed by atoms with E-state index >= 15 is 0 Å². The van der Waals surface area contributed by atoms with E-state index in [1.807, 2.05) is 0 Å². The minimum atomic E-state index is -1.05. The number of Topliss-reactive ketones (excluding diaryl/α,β-unsaturated/α-hetero) is 1. The molecule has 2 N–H and O–H groups in total. The summed E-state index contributed by atoms with van der Waals surface area (Å²) >= 11 is 0. The summed E-state index contributed by atoms with van der Waals surface area (Å²) in [5.74, 6) is -4.03. The Bertz CT molecular complexity index is 1400. The van der Waals surface area contributed by atoms with Gasteiger partial charge in [-0.3, -0.25) is 14.4 Å². The zero-order chi connectivity index (χ0) is 29.3. The Morgan fingerprint density at radius 3 is 2.32 bits per heavy atom. The number of ether oxygens (including phenoxy) is 4. The van der Waals surface area contributed by atoms with Gasteiger partial charge in [0.15, 0.2) is 17.4 Å². The summed E-state index contributed by atoms with van der Waals surface area (Å²) in [5, 5.41) is 22.4. The number of hydrogen-bond donors (Lipinski definition) is 2. The lowest BCUT2D eigenvalue weighted by atomic mass is 9.75. The third-order valence-corrected chi connectivity index (χ3v) is 8.33. The first-order valence-electron chi connectivity index (χ1n) is 14.0. The number of benzene rings is 2. The molecular weight excluding hydrogens is 532 g/mol. The second-order valence-electron chi connectivity index (χ2n) is 10.7. The average molecular weight is 567 g/mol. The van der Waals surface area contributed by atoms with E-state index in [1.54, 1.807) is 19.1 Å². The Balaban J connectivity index is 1.36. The van der Waals surface area contributed by atoms with Gasteiger partial charge in [-0.05, 0) is 45.1 Å². The summed E-state index contributed by atoms with van der Waals surface area (Å²) < 4.78 is 22.1. The minimum Gasteiger partial charge on any atom is -0.507 e. The third-order valence-electron chi connectivity index (χ3n) is 8.33. The lowest BCUT2D eigenvalue weighted by molar-refractivity contribution is -0.252. The zero-order valence-electron chi connectivity index (χ0n) is 23.2. The molecule has 218 valence electrons. The Kier molecular flexibility index (Phi) is 8.15. The van der Waals surface area contributed by atoms with Crippen molar-refractivity contribution >= 4 is 23.3 Å². The molecule has 0 amide bonds. The summed E-state index contributed by atoms with van der Waals surface area (Å²) in [6.07, 6.45) is 4.46. The van der Waals surface area contributed by atoms with Crippen LogP contribution in [0, 0.1) is 5.92 Å². The standard InChI is InChI=1S/C31H34O10/c1-3-39-23(33)16-41-31(12-5-4-6-13-31)40-15-21(32)17-10-11-18-20(14-17)29(36)25-26(27(18)34)30(37)24-19(28(25)35)8-7-9-22(24)38-2/h7-9,17,34,36H,3-6,10-16H2,1-2H3/t17-/m0/s1. The van der Waals surface area contributed by atoms with Gasteiger partial charge >= 0.3 is 5.97 Å². The molecule has 1 atom stereocenters. The van der Waals surface area contributed by atoms with E-state index in [1.165, 1.54) is 13.2 Å². The smallest absolute Gasteiger partial charge is 0.332 e. The SMILES string of the molecule is CCOC(=O)COC1(OCC(=O)[C@H]2CCc3c(O)c4c(c(O)c3C2)C(=O)c2cccc(OC)c2C4=O)CCCCC1.